The number of phenols is 1. The molecule has 1 aromatic rings. The zero-order valence-electron chi connectivity index (χ0n) is 8.36. The van der Waals surface area contributed by atoms with Gasteiger partial charge < -0.3 is 9.84 Å². The first kappa shape index (κ1) is 10.6. The van der Waals surface area contributed by atoms with Crippen LogP contribution in [0.2, 0.25) is 0 Å². The zero-order valence-corrected chi connectivity index (χ0v) is 8.36. The van der Waals surface area contributed by atoms with E-state index in [0.717, 1.165) is 6.42 Å². The van der Waals surface area contributed by atoms with E-state index in [1.165, 1.54) is 12.1 Å². The molecule has 0 saturated carbocycles. The average Bonchev–Trinajstić information content (AvgIpc) is 2.17. The highest BCUT2D eigenvalue weighted by Crippen LogP contribution is 2.12. The Morgan fingerprint density at radius 3 is 2.86 bits per heavy atom. The Balaban J connectivity index is 2.70. The van der Waals surface area contributed by atoms with Gasteiger partial charge in [0.15, 0.2) is 0 Å². The van der Waals surface area contributed by atoms with Crippen molar-refractivity contribution in [3.05, 3.63) is 29.8 Å². The minimum absolute atomic E-state index is 0.0728. The molecule has 76 valence electrons. The van der Waals surface area contributed by atoms with Crippen LogP contribution in [-0.2, 0) is 4.74 Å². The van der Waals surface area contributed by atoms with Gasteiger partial charge in [0.2, 0.25) is 0 Å². The molecule has 3 heteroatoms. The minimum atomic E-state index is -0.393. The normalized spacial score (nSPS) is 12.1. The maximum absolute atomic E-state index is 11.4. The molecule has 0 aliphatic carbocycles. The van der Waals surface area contributed by atoms with E-state index in [9.17, 15) is 4.79 Å². The Hall–Kier alpha value is -1.51. The lowest BCUT2D eigenvalue weighted by Gasteiger charge is -2.10. The fourth-order valence-electron chi connectivity index (χ4n) is 0.967. The summed E-state index contributed by atoms with van der Waals surface area (Å²) in [6.45, 7) is 3.78. The highest BCUT2D eigenvalue weighted by Gasteiger charge is 2.10. The topological polar surface area (TPSA) is 46.5 Å². The Labute approximate surface area is 83.3 Å². The second kappa shape index (κ2) is 4.65. The van der Waals surface area contributed by atoms with Crippen LogP contribution >= 0.6 is 0 Å². The molecule has 1 atom stereocenters. The summed E-state index contributed by atoms with van der Waals surface area (Å²) < 4.78 is 5.09. The van der Waals surface area contributed by atoms with E-state index in [-0.39, 0.29) is 11.9 Å². The molecule has 3 nitrogen and oxygen atoms in total. The molecule has 14 heavy (non-hydrogen) atoms. The monoisotopic (exact) mass is 194 g/mol. The standard InChI is InChI=1S/C11H14O3/c1-3-8(2)14-11(13)9-5-4-6-10(12)7-9/h4-8,12H,3H2,1-2H3. The van der Waals surface area contributed by atoms with Gasteiger partial charge in [-0.2, -0.15) is 0 Å². The Bertz CT molecular complexity index is 320. The first-order valence-electron chi connectivity index (χ1n) is 4.63. The second-order valence-corrected chi connectivity index (χ2v) is 3.17. The number of hydrogen-bond donors (Lipinski definition) is 1. The highest BCUT2D eigenvalue weighted by atomic mass is 16.5. The molecule has 0 aromatic heterocycles. The van der Waals surface area contributed by atoms with Crippen molar-refractivity contribution in [3.8, 4) is 5.75 Å². The van der Waals surface area contributed by atoms with E-state index in [1.54, 1.807) is 12.1 Å². The molecule has 0 amide bonds. The Morgan fingerprint density at radius 2 is 2.29 bits per heavy atom. The smallest absolute Gasteiger partial charge is 0.338 e. The fraction of sp³-hybridized carbons (Fsp3) is 0.364. The number of esters is 1. The van der Waals surface area contributed by atoms with E-state index in [2.05, 4.69) is 0 Å². The van der Waals surface area contributed by atoms with Gasteiger partial charge in [0.05, 0.1) is 11.7 Å². The van der Waals surface area contributed by atoms with Crippen LogP contribution in [0, 0.1) is 0 Å². The van der Waals surface area contributed by atoms with Crippen molar-refractivity contribution >= 4 is 5.97 Å². The molecule has 1 N–H and O–H groups in total. The number of ether oxygens (including phenoxy) is 1. The molecule has 1 aromatic carbocycles. The summed E-state index contributed by atoms with van der Waals surface area (Å²) in [4.78, 5) is 11.4. The van der Waals surface area contributed by atoms with Gasteiger partial charge >= 0.3 is 5.97 Å². The van der Waals surface area contributed by atoms with Crippen LogP contribution in [0.3, 0.4) is 0 Å². The third-order valence-corrected chi connectivity index (χ3v) is 1.96. The third-order valence-electron chi connectivity index (χ3n) is 1.96. The molecule has 0 saturated heterocycles. The molecule has 0 aliphatic heterocycles. The van der Waals surface area contributed by atoms with E-state index >= 15 is 0 Å². The summed E-state index contributed by atoms with van der Waals surface area (Å²) in [6, 6.07) is 6.14. The summed E-state index contributed by atoms with van der Waals surface area (Å²) in [5, 5.41) is 9.15. The van der Waals surface area contributed by atoms with Crippen LogP contribution in [0.5, 0.6) is 5.75 Å². The van der Waals surface area contributed by atoms with E-state index < -0.39 is 5.97 Å². The predicted molar refractivity (Wildman–Crippen MR) is 53.3 cm³/mol. The molecule has 0 aliphatic rings. The number of rotatable bonds is 3. The van der Waals surface area contributed by atoms with Crippen LogP contribution in [0.25, 0.3) is 0 Å². The first-order valence-corrected chi connectivity index (χ1v) is 4.63. The van der Waals surface area contributed by atoms with Crippen molar-refractivity contribution in [2.45, 2.75) is 26.4 Å². The van der Waals surface area contributed by atoms with Crippen LogP contribution in [0.15, 0.2) is 24.3 Å². The number of benzene rings is 1. The lowest BCUT2D eigenvalue weighted by Crippen LogP contribution is -2.13. The summed E-state index contributed by atoms with van der Waals surface area (Å²) in [6.07, 6.45) is 0.690. The maximum Gasteiger partial charge on any atom is 0.338 e. The lowest BCUT2D eigenvalue weighted by molar-refractivity contribution is 0.0334. The largest absolute Gasteiger partial charge is 0.508 e. The van der Waals surface area contributed by atoms with Crippen LogP contribution < -0.4 is 0 Å². The van der Waals surface area contributed by atoms with Crippen LogP contribution in [-0.4, -0.2) is 17.2 Å². The van der Waals surface area contributed by atoms with Crippen LogP contribution in [0.4, 0.5) is 0 Å². The number of hydrogen-bond acceptors (Lipinski definition) is 3. The third kappa shape index (κ3) is 2.76. The van der Waals surface area contributed by atoms with Gasteiger partial charge in [0, 0.05) is 0 Å². The van der Waals surface area contributed by atoms with Gasteiger partial charge in [0.25, 0.3) is 0 Å². The Morgan fingerprint density at radius 1 is 1.57 bits per heavy atom. The van der Waals surface area contributed by atoms with Gasteiger partial charge in [-0.3, -0.25) is 0 Å². The van der Waals surface area contributed by atoms with Crippen molar-refractivity contribution in [1.82, 2.24) is 0 Å². The molecule has 1 unspecified atom stereocenters. The van der Waals surface area contributed by atoms with Gasteiger partial charge in [-0.25, -0.2) is 4.79 Å². The fourth-order valence-corrected chi connectivity index (χ4v) is 0.967. The number of aromatic hydroxyl groups is 1. The van der Waals surface area contributed by atoms with E-state index in [1.807, 2.05) is 13.8 Å². The quantitative estimate of drug-likeness (QED) is 0.751. The first-order chi connectivity index (χ1) is 6.63. The molecule has 0 spiro atoms. The van der Waals surface area contributed by atoms with Gasteiger partial charge in [-0.1, -0.05) is 13.0 Å². The molecule has 0 heterocycles. The zero-order chi connectivity index (χ0) is 10.6. The van der Waals surface area contributed by atoms with Gasteiger partial charge in [-0.15, -0.1) is 0 Å². The van der Waals surface area contributed by atoms with Crippen molar-refractivity contribution in [1.29, 1.82) is 0 Å². The second-order valence-electron chi connectivity index (χ2n) is 3.17. The molecule has 0 radical (unpaired) electrons. The minimum Gasteiger partial charge on any atom is -0.508 e. The molecular weight excluding hydrogens is 180 g/mol. The maximum atomic E-state index is 11.4. The molecule has 1 rings (SSSR count). The molecule has 0 bridgehead atoms. The molecular formula is C11H14O3. The number of carbonyl (C=O) groups excluding carboxylic acids is 1. The summed E-state index contributed by atoms with van der Waals surface area (Å²) in [5.74, 6) is -0.321. The summed E-state index contributed by atoms with van der Waals surface area (Å²) in [7, 11) is 0. The summed E-state index contributed by atoms with van der Waals surface area (Å²) >= 11 is 0. The van der Waals surface area contributed by atoms with E-state index in [4.69, 9.17) is 9.84 Å². The Kier molecular flexibility index (Phi) is 3.51. The van der Waals surface area contributed by atoms with Gasteiger partial charge in [-0.05, 0) is 31.5 Å². The predicted octanol–water partition coefficient (Wildman–Crippen LogP) is 2.35. The van der Waals surface area contributed by atoms with E-state index in [0.29, 0.717) is 5.56 Å². The number of phenolic OH excluding ortho intramolecular Hbond substituents is 1. The van der Waals surface area contributed by atoms with Crippen molar-refractivity contribution < 1.29 is 14.6 Å². The number of carbonyl (C=O) groups is 1. The van der Waals surface area contributed by atoms with Gasteiger partial charge in [0.1, 0.15) is 5.75 Å². The van der Waals surface area contributed by atoms with Crippen molar-refractivity contribution in [2.75, 3.05) is 0 Å². The lowest BCUT2D eigenvalue weighted by atomic mass is 10.2. The van der Waals surface area contributed by atoms with Crippen LogP contribution in [0.1, 0.15) is 30.6 Å². The highest BCUT2D eigenvalue weighted by molar-refractivity contribution is 5.89. The SMILES string of the molecule is CCC(C)OC(=O)c1cccc(O)c1. The van der Waals surface area contributed by atoms with Crippen molar-refractivity contribution in [3.63, 3.8) is 0 Å². The average molecular weight is 194 g/mol. The molecule has 0 fully saturated rings. The van der Waals surface area contributed by atoms with Crippen molar-refractivity contribution in [2.24, 2.45) is 0 Å². The summed E-state index contributed by atoms with van der Waals surface area (Å²) in [5.41, 5.74) is 0.380.